The number of piperazine rings is 1. The van der Waals surface area contributed by atoms with E-state index in [0.717, 1.165) is 96.3 Å². The smallest absolute Gasteiger partial charge is 0.225 e. The van der Waals surface area contributed by atoms with E-state index in [-0.39, 0.29) is 53.4 Å². The van der Waals surface area contributed by atoms with Crippen molar-refractivity contribution in [1.29, 1.82) is 5.26 Å². The van der Waals surface area contributed by atoms with Crippen LogP contribution < -0.4 is 41.4 Å². The molecule has 1 saturated carbocycles. The monoisotopic (exact) mass is 962 g/mol. The van der Waals surface area contributed by atoms with Gasteiger partial charge in [-0.25, -0.2) is 0 Å². The van der Waals surface area contributed by atoms with E-state index < -0.39 is 0 Å². The lowest BCUT2D eigenvalue weighted by Gasteiger charge is -2.63. The van der Waals surface area contributed by atoms with E-state index in [9.17, 15) is 10.1 Å². The lowest BCUT2D eigenvalue weighted by atomic mass is 9.49. The minimum absolute atomic E-state index is 0.0117. The van der Waals surface area contributed by atoms with Crippen molar-refractivity contribution in [3.05, 3.63) is 101 Å². The lowest BCUT2D eigenvalue weighted by Crippen LogP contribution is -2.75. The molecule has 4 saturated heterocycles. The van der Waals surface area contributed by atoms with Gasteiger partial charge in [0.15, 0.2) is 0 Å². The third kappa shape index (κ3) is 12.3. The van der Waals surface area contributed by atoms with Crippen LogP contribution in [-0.2, 0) is 11.3 Å². The number of carbonyl (C=O) groups is 1. The number of likely N-dealkylation sites (tertiary alicyclic amines) is 1. The molecule has 6 aliphatic rings. The fourth-order valence-corrected chi connectivity index (χ4v) is 12.3. The van der Waals surface area contributed by atoms with Crippen molar-refractivity contribution in [2.24, 2.45) is 22.7 Å². The number of halogens is 1. The number of amides is 1. The molecule has 9 rings (SSSR count). The number of nitrogens with zero attached hydrogens (tertiary/aromatic N) is 5. The lowest BCUT2D eigenvalue weighted by molar-refractivity contribution is -0.174. The molecule has 0 radical (unpaired) electrons. The predicted molar refractivity (Wildman–Crippen MR) is 274 cm³/mol. The topological polar surface area (TPSA) is 144 Å². The van der Waals surface area contributed by atoms with Crippen LogP contribution in [0.1, 0.15) is 76.1 Å². The first-order valence-corrected chi connectivity index (χ1v) is 26.1. The second-order valence-electron chi connectivity index (χ2n) is 21.5. The minimum Gasteiger partial charge on any atom is -0.493 e. The molecule has 5 aliphatic heterocycles. The summed E-state index contributed by atoms with van der Waals surface area (Å²) in [4.78, 5) is 24.1. The maximum absolute atomic E-state index is 13.7. The van der Waals surface area contributed by atoms with Crippen LogP contribution in [0.2, 0.25) is 5.02 Å². The number of nitriles is 1. The van der Waals surface area contributed by atoms with E-state index in [0.29, 0.717) is 41.9 Å². The predicted octanol–water partition coefficient (Wildman–Crippen LogP) is 5.79. The highest BCUT2D eigenvalue weighted by Crippen LogP contribution is 2.55. The highest BCUT2D eigenvalue weighted by Gasteiger charge is 2.64. The zero-order valence-corrected chi connectivity index (χ0v) is 42.1. The molecule has 69 heavy (non-hydrogen) atoms. The highest BCUT2D eigenvalue weighted by atomic mass is 35.5. The molecule has 15 heteroatoms. The third-order valence-electron chi connectivity index (χ3n) is 15.8. The average molecular weight is 963 g/mol. The van der Waals surface area contributed by atoms with E-state index in [1.54, 1.807) is 18.2 Å². The van der Waals surface area contributed by atoms with Crippen LogP contribution in [0, 0.1) is 34.0 Å². The number of hydrogen-bond acceptors (Lipinski definition) is 13. The fraction of sp³-hybridized carbons (Fsp3) is 0.593. The molecule has 2 atom stereocenters. The maximum atomic E-state index is 13.7. The van der Waals surface area contributed by atoms with Gasteiger partial charge in [-0.15, -0.1) is 0 Å². The Balaban J connectivity index is 0.684. The number of piperidine rings is 1. The van der Waals surface area contributed by atoms with Crippen LogP contribution in [0.25, 0.3) is 0 Å². The summed E-state index contributed by atoms with van der Waals surface area (Å²) < 4.78 is 12.6. The molecule has 5 fully saturated rings. The molecule has 0 spiro atoms. The van der Waals surface area contributed by atoms with Crippen molar-refractivity contribution in [3.63, 3.8) is 0 Å². The molecular weight excluding hydrogens is 886 g/mol. The van der Waals surface area contributed by atoms with Crippen molar-refractivity contribution in [3.8, 4) is 17.6 Å². The van der Waals surface area contributed by atoms with Crippen molar-refractivity contribution in [2.75, 3.05) is 97.0 Å². The van der Waals surface area contributed by atoms with Gasteiger partial charge in [0.1, 0.15) is 36.3 Å². The summed E-state index contributed by atoms with van der Waals surface area (Å²) in [6.45, 7) is 23.2. The van der Waals surface area contributed by atoms with Gasteiger partial charge in [0, 0.05) is 126 Å². The summed E-state index contributed by atoms with van der Waals surface area (Å²) >= 11 is 6.30. The van der Waals surface area contributed by atoms with E-state index in [4.69, 9.17) is 21.1 Å². The average Bonchev–Trinajstić information content (AvgIpc) is 3.35. The Morgan fingerprint density at radius 3 is 2.39 bits per heavy atom. The fourth-order valence-electron chi connectivity index (χ4n) is 12.1. The Morgan fingerprint density at radius 1 is 0.870 bits per heavy atom. The quantitative estimate of drug-likeness (QED) is 0.137. The summed E-state index contributed by atoms with van der Waals surface area (Å²) in [5, 5.41) is 31.5. The number of ether oxygens (including phenoxy) is 2. The molecule has 0 aromatic heterocycles. The summed E-state index contributed by atoms with van der Waals surface area (Å²) in [6.07, 6.45) is 8.85. The van der Waals surface area contributed by atoms with E-state index in [1.165, 1.54) is 30.5 Å². The molecule has 3 aromatic rings. The molecule has 14 nitrogen and oxygen atoms in total. The molecule has 1 aliphatic carbocycles. The zero-order valence-electron chi connectivity index (χ0n) is 41.3. The number of nitrogens with one attached hydrogen (secondary N) is 6. The molecule has 6 bridgehead atoms. The number of carbonyl (C=O) groups excluding carboxylic acids is 1. The number of benzene rings is 3. The summed E-state index contributed by atoms with van der Waals surface area (Å²) in [5.41, 5.74) is 3.54. The van der Waals surface area contributed by atoms with Gasteiger partial charge in [0.25, 0.3) is 0 Å². The van der Waals surface area contributed by atoms with Gasteiger partial charge in [-0.1, -0.05) is 75.7 Å². The van der Waals surface area contributed by atoms with Crippen LogP contribution in [-0.4, -0.2) is 142 Å². The highest BCUT2D eigenvalue weighted by molar-refractivity contribution is 6.31. The van der Waals surface area contributed by atoms with E-state index in [1.807, 2.05) is 0 Å². The summed E-state index contributed by atoms with van der Waals surface area (Å²) in [6, 6.07) is 25.0. The normalized spacial score (nSPS) is 28.9. The minimum atomic E-state index is -0.299. The molecular formula is C54H76ClN11O3. The van der Waals surface area contributed by atoms with Crippen LogP contribution >= 0.6 is 11.6 Å². The molecule has 3 aromatic carbocycles. The second kappa shape index (κ2) is 22.4. The van der Waals surface area contributed by atoms with Crippen LogP contribution in [0.5, 0.6) is 11.5 Å². The third-order valence-corrected chi connectivity index (χ3v) is 16.1. The first-order chi connectivity index (χ1) is 33.4. The van der Waals surface area contributed by atoms with Crippen molar-refractivity contribution in [2.45, 2.75) is 90.7 Å². The summed E-state index contributed by atoms with van der Waals surface area (Å²) in [7, 11) is 0. The van der Waals surface area contributed by atoms with Crippen molar-refractivity contribution < 1.29 is 14.3 Å². The van der Waals surface area contributed by atoms with Crippen molar-refractivity contribution in [1.82, 2.24) is 46.2 Å². The van der Waals surface area contributed by atoms with Crippen LogP contribution in [0.4, 0.5) is 5.69 Å². The molecule has 5 heterocycles. The Bertz CT molecular complexity index is 2250. The summed E-state index contributed by atoms with van der Waals surface area (Å²) in [5.74, 6) is 2.20. The van der Waals surface area contributed by atoms with E-state index in [2.05, 4.69) is 146 Å². The van der Waals surface area contributed by atoms with Gasteiger partial charge in [-0.2, -0.15) is 5.26 Å². The standard InChI is InChI=1S/C54H76ClN11O3/c1-53(2)49(54(3,4)50(53)69-45-15-14-41(33-56)46(55)32-45)62-48(67)42-34-58-52(59-35-42)66-21-17-38(18-22-66)36-65-27-24-63(25-28-65)23-26-64-20-6-5-7-29-68-44-13-9-11-40(31-44)47-16-19-57-51(61-47)60-43-12-8-10-39(30-43)37-64/h5-6,8-15,30-32,38,42,47,49-52,57-61H,7,16-29,34-37H2,1-4H3,(H,62,67)/b6-5+. The molecule has 6 N–H and O–H groups in total. The molecule has 2 unspecified atom stereocenters. The number of hydrogen-bond donors (Lipinski definition) is 6. The van der Waals surface area contributed by atoms with Gasteiger partial charge in [0.05, 0.1) is 23.1 Å². The van der Waals surface area contributed by atoms with Gasteiger partial charge < -0.3 is 25.0 Å². The molecule has 1 amide bonds. The second-order valence-corrected chi connectivity index (χ2v) is 21.9. The van der Waals surface area contributed by atoms with Crippen LogP contribution in [0.15, 0.2) is 78.9 Å². The Labute approximate surface area is 415 Å². The van der Waals surface area contributed by atoms with Crippen molar-refractivity contribution >= 4 is 23.2 Å². The Hall–Kier alpha value is -4.27. The van der Waals surface area contributed by atoms with Gasteiger partial charge in [0.2, 0.25) is 5.91 Å². The Kier molecular flexibility index (Phi) is 16.2. The van der Waals surface area contributed by atoms with E-state index >= 15 is 0 Å². The number of anilines is 1. The molecule has 372 valence electrons. The largest absolute Gasteiger partial charge is 0.493 e. The van der Waals surface area contributed by atoms with Gasteiger partial charge in [-0.05, 0) is 79.1 Å². The maximum Gasteiger partial charge on any atom is 0.225 e. The van der Waals surface area contributed by atoms with Crippen LogP contribution in [0.3, 0.4) is 0 Å². The first-order valence-electron chi connectivity index (χ1n) is 25.7. The first kappa shape index (κ1) is 49.7. The number of fused-ring (bicyclic) bond motifs is 7. The Morgan fingerprint density at radius 2 is 1.62 bits per heavy atom. The number of rotatable bonds is 10. The SMILES string of the molecule is CC1(C)C(NC(=O)C2CNC(N3CCC(CN4CCN(CCN5C/C=C/CCOc6cccc(c6)C6CCNC(Nc7cccc(c7)C5)N6)CC4)CC3)NC2)C(C)(C)C1Oc1ccc(C#N)c(Cl)c1. The van der Waals surface area contributed by atoms with Gasteiger partial charge in [-0.3, -0.25) is 40.8 Å². The zero-order chi connectivity index (χ0) is 48.0. The van der Waals surface area contributed by atoms with Gasteiger partial charge >= 0.3 is 0 Å².